The smallest absolute Gasteiger partial charge is 0.339 e. The Balaban J connectivity index is 2.12. The molecule has 2 aromatic rings. The minimum atomic E-state index is -0.245. The van der Waals surface area contributed by atoms with Crippen LogP contribution in [0.5, 0.6) is 0 Å². The average molecular weight is 268 g/mol. The first-order chi connectivity index (χ1) is 9.72. The summed E-state index contributed by atoms with van der Waals surface area (Å²) in [5, 5.41) is 0. The number of rotatable bonds is 5. The Hall–Kier alpha value is -2.09. The molecule has 0 radical (unpaired) electrons. The standard InChI is InChI=1S/C18H20O2/c1-3-9-16-12-7-8-13-17(16)18(19)20-14(2)15-10-5-4-6-11-15/h4-8,10-14H,3,9H2,1-2H3. The van der Waals surface area contributed by atoms with Gasteiger partial charge in [-0.1, -0.05) is 61.9 Å². The highest BCUT2D eigenvalue weighted by atomic mass is 16.5. The lowest BCUT2D eigenvalue weighted by atomic mass is 10.0. The first kappa shape index (κ1) is 14.3. The predicted octanol–water partition coefficient (Wildman–Crippen LogP) is 4.56. The lowest BCUT2D eigenvalue weighted by Gasteiger charge is -2.15. The molecule has 0 aromatic heterocycles. The normalized spacial score (nSPS) is 11.9. The maximum atomic E-state index is 12.3. The molecule has 0 N–H and O–H groups in total. The molecule has 1 atom stereocenters. The van der Waals surface area contributed by atoms with Gasteiger partial charge in [0.1, 0.15) is 6.10 Å². The maximum Gasteiger partial charge on any atom is 0.339 e. The zero-order chi connectivity index (χ0) is 14.4. The molecule has 0 saturated carbocycles. The number of hydrogen-bond donors (Lipinski definition) is 0. The van der Waals surface area contributed by atoms with Crippen molar-refractivity contribution in [2.45, 2.75) is 32.8 Å². The molecule has 1 unspecified atom stereocenters. The third kappa shape index (κ3) is 3.47. The second-order valence-corrected chi connectivity index (χ2v) is 4.87. The van der Waals surface area contributed by atoms with Gasteiger partial charge in [-0.2, -0.15) is 0 Å². The SMILES string of the molecule is CCCc1ccccc1C(=O)OC(C)c1ccccc1. The van der Waals surface area contributed by atoms with Crippen molar-refractivity contribution < 1.29 is 9.53 Å². The number of ether oxygens (including phenoxy) is 1. The zero-order valence-corrected chi connectivity index (χ0v) is 12.0. The molecule has 0 saturated heterocycles. The van der Waals surface area contributed by atoms with E-state index in [1.54, 1.807) is 0 Å². The van der Waals surface area contributed by atoms with E-state index in [2.05, 4.69) is 6.92 Å². The van der Waals surface area contributed by atoms with E-state index < -0.39 is 0 Å². The van der Waals surface area contributed by atoms with Gasteiger partial charge in [-0.25, -0.2) is 4.79 Å². The van der Waals surface area contributed by atoms with Gasteiger partial charge in [0, 0.05) is 0 Å². The van der Waals surface area contributed by atoms with Crippen LogP contribution in [0.3, 0.4) is 0 Å². The number of carbonyl (C=O) groups excluding carboxylic acids is 1. The van der Waals surface area contributed by atoms with Crippen LogP contribution in [0.1, 0.15) is 47.9 Å². The molecule has 2 heteroatoms. The number of hydrogen-bond acceptors (Lipinski definition) is 2. The van der Waals surface area contributed by atoms with Crippen molar-refractivity contribution in [3.63, 3.8) is 0 Å². The van der Waals surface area contributed by atoms with E-state index in [0.29, 0.717) is 5.56 Å². The van der Waals surface area contributed by atoms with Gasteiger partial charge in [-0.15, -0.1) is 0 Å². The molecule has 20 heavy (non-hydrogen) atoms. The van der Waals surface area contributed by atoms with Crippen molar-refractivity contribution in [1.29, 1.82) is 0 Å². The van der Waals surface area contributed by atoms with Crippen LogP contribution in [-0.2, 0) is 11.2 Å². The van der Waals surface area contributed by atoms with Crippen LogP contribution in [0.4, 0.5) is 0 Å². The second-order valence-electron chi connectivity index (χ2n) is 4.87. The molecule has 0 bridgehead atoms. The monoisotopic (exact) mass is 268 g/mol. The summed E-state index contributed by atoms with van der Waals surface area (Å²) in [7, 11) is 0. The number of aryl methyl sites for hydroxylation is 1. The topological polar surface area (TPSA) is 26.3 Å². The van der Waals surface area contributed by atoms with Gasteiger partial charge >= 0.3 is 5.97 Å². The number of esters is 1. The van der Waals surface area contributed by atoms with Gasteiger partial charge in [-0.3, -0.25) is 0 Å². The van der Waals surface area contributed by atoms with Crippen LogP contribution in [-0.4, -0.2) is 5.97 Å². The van der Waals surface area contributed by atoms with Crippen molar-refractivity contribution in [3.05, 3.63) is 71.3 Å². The van der Waals surface area contributed by atoms with Gasteiger partial charge in [0.2, 0.25) is 0 Å². The Kier molecular flexibility index (Phi) is 4.94. The molecule has 0 fully saturated rings. The average Bonchev–Trinajstić information content (AvgIpc) is 2.49. The summed E-state index contributed by atoms with van der Waals surface area (Å²) in [5.74, 6) is -0.245. The molecule has 0 aliphatic rings. The lowest BCUT2D eigenvalue weighted by molar-refractivity contribution is 0.0336. The summed E-state index contributed by atoms with van der Waals surface area (Å²) in [5.41, 5.74) is 2.74. The molecule has 2 aromatic carbocycles. The highest BCUT2D eigenvalue weighted by Gasteiger charge is 2.16. The molecular formula is C18H20O2. The van der Waals surface area contributed by atoms with Crippen molar-refractivity contribution >= 4 is 5.97 Å². The fraction of sp³-hybridized carbons (Fsp3) is 0.278. The zero-order valence-electron chi connectivity index (χ0n) is 12.0. The first-order valence-electron chi connectivity index (χ1n) is 7.06. The molecule has 0 amide bonds. The fourth-order valence-corrected chi connectivity index (χ4v) is 2.22. The number of benzene rings is 2. The Bertz CT molecular complexity index is 561. The lowest BCUT2D eigenvalue weighted by Crippen LogP contribution is -2.11. The van der Waals surface area contributed by atoms with E-state index in [0.717, 1.165) is 24.0 Å². The molecule has 104 valence electrons. The van der Waals surface area contributed by atoms with E-state index in [9.17, 15) is 4.79 Å². The van der Waals surface area contributed by atoms with E-state index >= 15 is 0 Å². The van der Waals surface area contributed by atoms with E-state index in [1.165, 1.54) is 0 Å². The molecule has 0 spiro atoms. The van der Waals surface area contributed by atoms with Crippen molar-refractivity contribution in [2.24, 2.45) is 0 Å². The molecular weight excluding hydrogens is 248 g/mol. The van der Waals surface area contributed by atoms with Gasteiger partial charge in [0.15, 0.2) is 0 Å². The second kappa shape index (κ2) is 6.90. The van der Waals surface area contributed by atoms with Crippen LogP contribution < -0.4 is 0 Å². The third-order valence-corrected chi connectivity index (χ3v) is 3.31. The third-order valence-electron chi connectivity index (χ3n) is 3.31. The molecule has 0 aliphatic heterocycles. The fourth-order valence-electron chi connectivity index (χ4n) is 2.22. The van der Waals surface area contributed by atoms with Crippen molar-refractivity contribution in [1.82, 2.24) is 0 Å². The van der Waals surface area contributed by atoms with E-state index in [1.807, 2.05) is 61.5 Å². The highest BCUT2D eigenvalue weighted by molar-refractivity contribution is 5.91. The predicted molar refractivity (Wildman–Crippen MR) is 80.7 cm³/mol. The largest absolute Gasteiger partial charge is 0.454 e. The Morgan fingerprint density at radius 1 is 1.05 bits per heavy atom. The quantitative estimate of drug-likeness (QED) is 0.743. The molecule has 2 rings (SSSR count). The van der Waals surface area contributed by atoms with Gasteiger partial charge in [-0.05, 0) is 30.5 Å². The molecule has 2 nitrogen and oxygen atoms in total. The van der Waals surface area contributed by atoms with Gasteiger partial charge < -0.3 is 4.74 Å². The van der Waals surface area contributed by atoms with Crippen LogP contribution in [0, 0.1) is 0 Å². The van der Waals surface area contributed by atoms with E-state index in [4.69, 9.17) is 4.74 Å². The van der Waals surface area contributed by atoms with E-state index in [-0.39, 0.29) is 12.1 Å². The highest BCUT2D eigenvalue weighted by Crippen LogP contribution is 2.20. The minimum Gasteiger partial charge on any atom is -0.454 e. The van der Waals surface area contributed by atoms with Crippen LogP contribution in [0.15, 0.2) is 54.6 Å². The van der Waals surface area contributed by atoms with Crippen molar-refractivity contribution in [2.75, 3.05) is 0 Å². The summed E-state index contributed by atoms with van der Waals surface area (Å²) >= 11 is 0. The summed E-state index contributed by atoms with van der Waals surface area (Å²) in [6.07, 6.45) is 1.67. The van der Waals surface area contributed by atoms with Crippen LogP contribution >= 0.6 is 0 Å². The summed E-state index contributed by atoms with van der Waals surface area (Å²) < 4.78 is 5.57. The minimum absolute atomic E-state index is 0.238. The Morgan fingerprint density at radius 2 is 1.70 bits per heavy atom. The summed E-state index contributed by atoms with van der Waals surface area (Å²) in [4.78, 5) is 12.3. The Labute approximate surface area is 120 Å². The van der Waals surface area contributed by atoms with Crippen LogP contribution in [0.2, 0.25) is 0 Å². The molecule has 0 aliphatic carbocycles. The maximum absolute atomic E-state index is 12.3. The first-order valence-corrected chi connectivity index (χ1v) is 7.06. The summed E-state index contributed by atoms with van der Waals surface area (Å²) in [6.45, 7) is 4.00. The van der Waals surface area contributed by atoms with Gasteiger partial charge in [0.05, 0.1) is 5.56 Å². The van der Waals surface area contributed by atoms with Gasteiger partial charge in [0.25, 0.3) is 0 Å². The summed E-state index contributed by atoms with van der Waals surface area (Å²) in [6, 6.07) is 17.5. The Morgan fingerprint density at radius 3 is 2.40 bits per heavy atom. The van der Waals surface area contributed by atoms with Crippen molar-refractivity contribution in [3.8, 4) is 0 Å². The van der Waals surface area contributed by atoms with Crippen LogP contribution in [0.25, 0.3) is 0 Å². The number of carbonyl (C=O) groups is 1. The molecule has 0 heterocycles.